The van der Waals surface area contributed by atoms with Gasteiger partial charge < -0.3 is 15.3 Å². The molecule has 0 atom stereocenters. The highest BCUT2D eigenvalue weighted by Crippen LogP contribution is 2.07. The number of amides is 2. The summed E-state index contributed by atoms with van der Waals surface area (Å²) in [5, 5.41) is 14.5. The van der Waals surface area contributed by atoms with Crippen LogP contribution in [0.2, 0.25) is 0 Å². The lowest BCUT2D eigenvalue weighted by atomic mass is 10.2. The molecule has 0 spiro atoms. The molecular weight excluding hydrogens is 278 g/mol. The summed E-state index contributed by atoms with van der Waals surface area (Å²) in [7, 11) is 0. The molecule has 6 nitrogen and oxygen atoms in total. The van der Waals surface area contributed by atoms with Gasteiger partial charge in [0.25, 0.3) is 0 Å². The van der Waals surface area contributed by atoms with Crippen LogP contribution in [0.15, 0.2) is 5.38 Å². The molecule has 0 aliphatic carbocycles. The van der Waals surface area contributed by atoms with Crippen LogP contribution in [0.1, 0.15) is 24.5 Å². The molecule has 0 aliphatic rings. The molecule has 0 saturated carbocycles. The summed E-state index contributed by atoms with van der Waals surface area (Å²) in [6.07, 6.45) is 0.651. The first-order valence-electron chi connectivity index (χ1n) is 6.54. The van der Waals surface area contributed by atoms with Crippen LogP contribution in [-0.2, 0) is 11.2 Å². The van der Waals surface area contributed by atoms with Gasteiger partial charge in [0.15, 0.2) is 0 Å². The monoisotopic (exact) mass is 299 g/mol. The van der Waals surface area contributed by atoms with Crippen LogP contribution in [0.4, 0.5) is 4.79 Å². The Balaban J connectivity index is 2.42. The topological polar surface area (TPSA) is 82.5 Å². The van der Waals surface area contributed by atoms with Crippen molar-refractivity contribution in [1.82, 2.24) is 15.2 Å². The quantitative estimate of drug-likeness (QED) is 0.803. The Bertz CT molecular complexity index is 459. The van der Waals surface area contributed by atoms with Gasteiger partial charge in [0.2, 0.25) is 0 Å². The second kappa shape index (κ2) is 7.84. The number of rotatable bonds is 7. The fourth-order valence-corrected chi connectivity index (χ4v) is 2.40. The number of aliphatic carboxylic acids is 1. The van der Waals surface area contributed by atoms with Crippen molar-refractivity contribution in [3.63, 3.8) is 0 Å². The number of carbonyl (C=O) groups is 2. The molecule has 20 heavy (non-hydrogen) atoms. The molecular formula is C13H21N3O3S. The minimum atomic E-state index is -1.00. The SMILES string of the molecule is Cc1nc(CCNC(=O)N(CC(=O)O)CC(C)C)cs1. The molecule has 1 aromatic rings. The summed E-state index contributed by atoms with van der Waals surface area (Å²) < 4.78 is 0. The molecule has 2 amide bonds. The maximum atomic E-state index is 11.9. The van der Waals surface area contributed by atoms with Gasteiger partial charge in [-0.05, 0) is 12.8 Å². The highest BCUT2D eigenvalue weighted by atomic mass is 32.1. The van der Waals surface area contributed by atoms with Crippen LogP contribution in [0.25, 0.3) is 0 Å². The fourth-order valence-electron chi connectivity index (χ4n) is 1.76. The molecule has 0 radical (unpaired) electrons. The Morgan fingerprint density at radius 1 is 1.50 bits per heavy atom. The first-order valence-corrected chi connectivity index (χ1v) is 7.42. The minimum absolute atomic E-state index is 0.223. The second-order valence-corrected chi connectivity index (χ2v) is 6.07. The van der Waals surface area contributed by atoms with Crippen LogP contribution in [0.5, 0.6) is 0 Å². The average molecular weight is 299 g/mol. The van der Waals surface area contributed by atoms with E-state index in [0.717, 1.165) is 10.7 Å². The van der Waals surface area contributed by atoms with Crippen LogP contribution in [0.3, 0.4) is 0 Å². The van der Waals surface area contributed by atoms with Gasteiger partial charge in [0.05, 0.1) is 10.7 Å². The van der Waals surface area contributed by atoms with E-state index in [9.17, 15) is 9.59 Å². The first-order chi connectivity index (χ1) is 9.38. The van der Waals surface area contributed by atoms with Crippen molar-refractivity contribution < 1.29 is 14.7 Å². The summed E-state index contributed by atoms with van der Waals surface area (Å²) in [6.45, 7) is 6.42. The number of nitrogens with zero attached hydrogens (tertiary/aromatic N) is 2. The predicted molar refractivity (Wildman–Crippen MR) is 78.0 cm³/mol. The Morgan fingerprint density at radius 3 is 2.70 bits per heavy atom. The Morgan fingerprint density at radius 2 is 2.20 bits per heavy atom. The van der Waals surface area contributed by atoms with E-state index in [1.54, 1.807) is 11.3 Å². The van der Waals surface area contributed by atoms with Gasteiger partial charge in [-0.25, -0.2) is 9.78 Å². The Kier molecular flexibility index (Phi) is 6.44. The maximum absolute atomic E-state index is 11.9. The molecule has 1 rings (SSSR count). The third kappa shape index (κ3) is 6.01. The van der Waals surface area contributed by atoms with E-state index in [-0.39, 0.29) is 18.5 Å². The van der Waals surface area contributed by atoms with E-state index in [2.05, 4.69) is 10.3 Å². The van der Waals surface area contributed by atoms with Crippen molar-refractivity contribution >= 4 is 23.3 Å². The fraction of sp³-hybridized carbons (Fsp3) is 0.615. The summed E-state index contributed by atoms with van der Waals surface area (Å²) in [6, 6.07) is -0.340. The summed E-state index contributed by atoms with van der Waals surface area (Å²) >= 11 is 1.57. The lowest BCUT2D eigenvalue weighted by Crippen LogP contribution is -2.45. The van der Waals surface area contributed by atoms with Gasteiger partial charge in [-0.2, -0.15) is 0 Å². The van der Waals surface area contributed by atoms with Gasteiger partial charge in [-0.1, -0.05) is 13.8 Å². The van der Waals surface area contributed by atoms with Gasteiger partial charge >= 0.3 is 12.0 Å². The van der Waals surface area contributed by atoms with E-state index in [0.29, 0.717) is 19.5 Å². The number of urea groups is 1. The molecule has 1 heterocycles. The molecule has 2 N–H and O–H groups in total. The first kappa shape index (κ1) is 16.4. The largest absolute Gasteiger partial charge is 0.480 e. The zero-order chi connectivity index (χ0) is 15.1. The van der Waals surface area contributed by atoms with Crippen LogP contribution < -0.4 is 5.32 Å². The van der Waals surface area contributed by atoms with Crippen LogP contribution in [-0.4, -0.2) is 46.6 Å². The number of nitrogens with one attached hydrogen (secondary N) is 1. The van der Waals surface area contributed by atoms with Crippen molar-refractivity contribution in [3.8, 4) is 0 Å². The van der Waals surface area contributed by atoms with Gasteiger partial charge in [-0.15, -0.1) is 11.3 Å². The molecule has 0 bridgehead atoms. The minimum Gasteiger partial charge on any atom is -0.480 e. The van der Waals surface area contributed by atoms with E-state index in [1.807, 2.05) is 26.2 Å². The zero-order valence-corrected chi connectivity index (χ0v) is 12.9. The number of aryl methyl sites for hydroxylation is 1. The van der Waals surface area contributed by atoms with Crippen molar-refractivity contribution in [2.24, 2.45) is 5.92 Å². The van der Waals surface area contributed by atoms with Crippen molar-refractivity contribution in [3.05, 3.63) is 16.1 Å². The van der Waals surface area contributed by atoms with E-state index in [1.165, 1.54) is 4.90 Å². The Hall–Kier alpha value is -1.63. The predicted octanol–water partition coefficient (Wildman–Crippen LogP) is 1.75. The number of aromatic nitrogens is 1. The molecule has 0 aromatic carbocycles. The average Bonchev–Trinajstić information content (AvgIpc) is 2.73. The normalized spacial score (nSPS) is 10.6. The number of hydrogen-bond acceptors (Lipinski definition) is 4. The van der Waals surface area contributed by atoms with Gasteiger partial charge in [0, 0.05) is 24.9 Å². The third-order valence-corrected chi connectivity index (χ3v) is 3.35. The standard InChI is InChI=1S/C13H21N3O3S/c1-9(2)6-16(7-12(17)18)13(19)14-5-4-11-8-20-10(3)15-11/h8-9H,4-7H2,1-3H3,(H,14,19)(H,17,18). The lowest BCUT2D eigenvalue weighted by Gasteiger charge is -2.23. The molecule has 112 valence electrons. The molecule has 0 unspecified atom stereocenters. The second-order valence-electron chi connectivity index (χ2n) is 5.01. The summed E-state index contributed by atoms with van der Waals surface area (Å²) in [5.74, 6) is -0.780. The molecule has 1 aromatic heterocycles. The van der Waals surface area contributed by atoms with Crippen LogP contribution in [0, 0.1) is 12.8 Å². The van der Waals surface area contributed by atoms with Gasteiger partial charge in [-0.3, -0.25) is 4.79 Å². The highest BCUT2D eigenvalue weighted by molar-refractivity contribution is 7.09. The van der Waals surface area contributed by atoms with Crippen molar-refractivity contribution in [2.75, 3.05) is 19.6 Å². The number of carboxylic acids is 1. The molecule has 0 fully saturated rings. The zero-order valence-electron chi connectivity index (χ0n) is 12.0. The lowest BCUT2D eigenvalue weighted by molar-refractivity contribution is -0.137. The highest BCUT2D eigenvalue weighted by Gasteiger charge is 2.17. The number of hydrogen-bond donors (Lipinski definition) is 2. The smallest absolute Gasteiger partial charge is 0.323 e. The number of carboxylic acid groups (broad SMARTS) is 1. The summed E-state index contributed by atoms with van der Waals surface area (Å²) in [4.78, 5) is 28.3. The van der Waals surface area contributed by atoms with Crippen molar-refractivity contribution in [1.29, 1.82) is 0 Å². The molecule has 0 aliphatic heterocycles. The molecule has 7 heteroatoms. The van der Waals surface area contributed by atoms with Crippen LogP contribution >= 0.6 is 11.3 Å². The van der Waals surface area contributed by atoms with E-state index in [4.69, 9.17) is 5.11 Å². The number of thiazole rings is 1. The van der Waals surface area contributed by atoms with Gasteiger partial charge in [0.1, 0.15) is 6.54 Å². The number of carbonyl (C=O) groups excluding carboxylic acids is 1. The molecule has 0 saturated heterocycles. The van der Waals surface area contributed by atoms with Crippen molar-refractivity contribution in [2.45, 2.75) is 27.2 Å². The summed E-state index contributed by atoms with van der Waals surface area (Å²) in [5.41, 5.74) is 0.946. The Labute approximate surface area is 122 Å². The third-order valence-electron chi connectivity index (χ3n) is 2.52. The van der Waals surface area contributed by atoms with E-state index >= 15 is 0 Å². The maximum Gasteiger partial charge on any atom is 0.323 e. The van der Waals surface area contributed by atoms with E-state index < -0.39 is 5.97 Å².